The van der Waals surface area contributed by atoms with E-state index < -0.39 is 0 Å². The molecule has 1 unspecified atom stereocenters. The Balaban J connectivity index is 2.02. The number of amides is 1. The fourth-order valence-corrected chi connectivity index (χ4v) is 2.79. The molecule has 0 aromatic carbocycles. The van der Waals surface area contributed by atoms with Crippen molar-refractivity contribution in [3.8, 4) is 0 Å². The Morgan fingerprint density at radius 3 is 2.89 bits per heavy atom. The Labute approximate surface area is 115 Å². The first-order valence-corrected chi connectivity index (χ1v) is 7.13. The Hall–Kier alpha value is -1.36. The summed E-state index contributed by atoms with van der Waals surface area (Å²) in [5.41, 5.74) is 2.01. The minimum atomic E-state index is 0.169. The van der Waals surface area contributed by atoms with E-state index >= 15 is 0 Å². The number of nitrogens with zero attached hydrogens (tertiary/aromatic N) is 3. The van der Waals surface area contributed by atoms with Gasteiger partial charge in [0.15, 0.2) is 0 Å². The van der Waals surface area contributed by atoms with E-state index in [1.807, 2.05) is 31.7 Å². The predicted molar refractivity (Wildman–Crippen MR) is 75.0 cm³/mol. The number of carbonyl (C=O) groups excluding carboxylic acids is 1. The first kappa shape index (κ1) is 14.1. The summed E-state index contributed by atoms with van der Waals surface area (Å²) in [5, 5.41) is 7.73. The van der Waals surface area contributed by atoms with E-state index in [1.54, 1.807) is 4.68 Å². The number of nitrogens with one attached hydrogen (secondary N) is 1. The Morgan fingerprint density at radius 2 is 2.37 bits per heavy atom. The lowest BCUT2D eigenvalue weighted by molar-refractivity contribution is -0.134. The van der Waals surface area contributed by atoms with Crippen LogP contribution in [0.2, 0.25) is 0 Å². The number of carbonyl (C=O) groups is 1. The lowest BCUT2D eigenvalue weighted by Crippen LogP contribution is -2.49. The SMILES string of the molecule is CCN(C(=O)Cn1nc(C)cc1C)C1CCCNC1. The molecule has 1 aliphatic heterocycles. The van der Waals surface area contributed by atoms with Crippen molar-refractivity contribution >= 4 is 5.91 Å². The maximum absolute atomic E-state index is 12.4. The zero-order chi connectivity index (χ0) is 13.8. The molecule has 1 saturated heterocycles. The van der Waals surface area contributed by atoms with E-state index in [9.17, 15) is 4.79 Å². The molecule has 2 rings (SSSR count). The molecule has 1 atom stereocenters. The number of hydrogen-bond donors (Lipinski definition) is 1. The van der Waals surface area contributed by atoms with E-state index in [0.717, 1.165) is 43.9 Å². The molecule has 19 heavy (non-hydrogen) atoms. The topological polar surface area (TPSA) is 50.2 Å². The number of aromatic nitrogens is 2. The smallest absolute Gasteiger partial charge is 0.244 e. The van der Waals surface area contributed by atoms with Crippen LogP contribution in [0.1, 0.15) is 31.2 Å². The zero-order valence-electron chi connectivity index (χ0n) is 12.1. The fraction of sp³-hybridized carbons (Fsp3) is 0.714. The summed E-state index contributed by atoms with van der Waals surface area (Å²) in [4.78, 5) is 14.4. The minimum absolute atomic E-state index is 0.169. The van der Waals surface area contributed by atoms with Gasteiger partial charge in [-0.3, -0.25) is 9.48 Å². The van der Waals surface area contributed by atoms with E-state index in [0.29, 0.717) is 12.6 Å². The largest absolute Gasteiger partial charge is 0.337 e. The van der Waals surface area contributed by atoms with E-state index in [2.05, 4.69) is 10.4 Å². The predicted octanol–water partition coefficient (Wildman–Crippen LogP) is 1.10. The van der Waals surface area contributed by atoms with Gasteiger partial charge in [0.05, 0.1) is 5.69 Å². The van der Waals surface area contributed by atoms with Crippen molar-refractivity contribution in [2.75, 3.05) is 19.6 Å². The fourth-order valence-electron chi connectivity index (χ4n) is 2.79. The highest BCUT2D eigenvalue weighted by Gasteiger charge is 2.24. The molecule has 0 bridgehead atoms. The van der Waals surface area contributed by atoms with Crippen molar-refractivity contribution in [2.24, 2.45) is 0 Å². The highest BCUT2D eigenvalue weighted by atomic mass is 16.2. The van der Waals surface area contributed by atoms with Gasteiger partial charge in [-0.05, 0) is 46.2 Å². The molecular formula is C14H24N4O. The molecule has 1 fully saturated rings. The van der Waals surface area contributed by atoms with Gasteiger partial charge < -0.3 is 10.2 Å². The molecule has 1 amide bonds. The van der Waals surface area contributed by atoms with Crippen molar-refractivity contribution < 1.29 is 4.79 Å². The maximum atomic E-state index is 12.4. The van der Waals surface area contributed by atoms with Gasteiger partial charge in [-0.15, -0.1) is 0 Å². The summed E-state index contributed by atoms with van der Waals surface area (Å²) < 4.78 is 1.80. The second-order valence-corrected chi connectivity index (χ2v) is 5.26. The van der Waals surface area contributed by atoms with E-state index in [-0.39, 0.29) is 5.91 Å². The molecule has 106 valence electrons. The Morgan fingerprint density at radius 1 is 1.58 bits per heavy atom. The number of aryl methyl sites for hydroxylation is 2. The summed E-state index contributed by atoms with van der Waals surface area (Å²) in [6.07, 6.45) is 2.25. The van der Waals surface area contributed by atoms with Crippen molar-refractivity contribution in [2.45, 2.75) is 46.2 Å². The second-order valence-electron chi connectivity index (χ2n) is 5.26. The van der Waals surface area contributed by atoms with Gasteiger partial charge in [0.25, 0.3) is 0 Å². The summed E-state index contributed by atoms with van der Waals surface area (Å²) in [7, 11) is 0. The third-order valence-electron chi connectivity index (χ3n) is 3.76. The van der Waals surface area contributed by atoms with Gasteiger partial charge in [-0.2, -0.15) is 5.10 Å². The van der Waals surface area contributed by atoms with E-state index in [1.165, 1.54) is 0 Å². The molecule has 1 aliphatic rings. The minimum Gasteiger partial charge on any atom is -0.337 e. The molecular weight excluding hydrogens is 240 g/mol. The Kier molecular flexibility index (Phi) is 4.58. The van der Waals surface area contributed by atoms with Crippen LogP contribution in [0, 0.1) is 13.8 Å². The van der Waals surface area contributed by atoms with Crippen LogP contribution in [0.3, 0.4) is 0 Å². The molecule has 5 heteroatoms. The molecule has 1 aromatic rings. The summed E-state index contributed by atoms with van der Waals surface area (Å²) in [6.45, 7) is 9.10. The van der Waals surface area contributed by atoms with Gasteiger partial charge in [0.2, 0.25) is 5.91 Å². The normalized spacial score (nSPS) is 19.4. The van der Waals surface area contributed by atoms with Crippen LogP contribution in [-0.4, -0.2) is 46.3 Å². The highest BCUT2D eigenvalue weighted by molar-refractivity contribution is 5.76. The monoisotopic (exact) mass is 264 g/mol. The quantitative estimate of drug-likeness (QED) is 0.886. The van der Waals surface area contributed by atoms with Gasteiger partial charge in [0, 0.05) is 24.8 Å². The van der Waals surface area contributed by atoms with Crippen LogP contribution in [0.5, 0.6) is 0 Å². The van der Waals surface area contributed by atoms with Crippen LogP contribution in [0.4, 0.5) is 0 Å². The van der Waals surface area contributed by atoms with Gasteiger partial charge in [-0.1, -0.05) is 0 Å². The molecule has 1 N–H and O–H groups in total. The van der Waals surface area contributed by atoms with Crippen molar-refractivity contribution in [3.63, 3.8) is 0 Å². The average Bonchev–Trinajstić information content (AvgIpc) is 2.70. The third-order valence-corrected chi connectivity index (χ3v) is 3.76. The summed E-state index contributed by atoms with van der Waals surface area (Å²) in [5.74, 6) is 0.169. The van der Waals surface area contributed by atoms with Crippen LogP contribution in [0.15, 0.2) is 6.07 Å². The van der Waals surface area contributed by atoms with Crippen molar-refractivity contribution in [3.05, 3.63) is 17.5 Å². The van der Waals surface area contributed by atoms with Gasteiger partial charge >= 0.3 is 0 Å². The number of piperidine rings is 1. The maximum Gasteiger partial charge on any atom is 0.244 e. The molecule has 5 nitrogen and oxygen atoms in total. The number of rotatable bonds is 4. The van der Waals surface area contributed by atoms with Crippen molar-refractivity contribution in [1.29, 1.82) is 0 Å². The molecule has 1 aromatic heterocycles. The standard InChI is InChI=1S/C14H24N4O/c1-4-17(13-6-5-7-15-9-13)14(19)10-18-12(3)8-11(2)16-18/h8,13,15H,4-7,9-10H2,1-3H3. The number of likely N-dealkylation sites (N-methyl/N-ethyl adjacent to an activating group) is 1. The van der Waals surface area contributed by atoms with Crippen LogP contribution < -0.4 is 5.32 Å². The third kappa shape index (κ3) is 3.35. The Bertz CT molecular complexity index is 435. The second kappa shape index (κ2) is 6.19. The first-order valence-electron chi connectivity index (χ1n) is 7.13. The first-order chi connectivity index (χ1) is 9.11. The lowest BCUT2D eigenvalue weighted by atomic mass is 10.1. The van der Waals surface area contributed by atoms with Gasteiger partial charge in [0.1, 0.15) is 6.54 Å². The van der Waals surface area contributed by atoms with Crippen molar-refractivity contribution in [1.82, 2.24) is 20.0 Å². The molecule has 0 saturated carbocycles. The summed E-state index contributed by atoms with van der Waals surface area (Å²) in [6, 6.07) is 2.34. The van der Waals surface area contributed by atoms with Crippen LogP contribution in [-0.2, 0) is 11.3 Å². The van der Waals surface area contributed by atoms with E-state index in [4.69, 9.17) is 0 Å². The van der Waals surface area contributed by atoms with Crippen LogP contribution in [0.25, 0.3) is 0 Å². The summed E-state index contributed by atoms with van der Waals surface area (Å²) >= 11 is 0. The molecule has 0 aliphatic carbocycles. The molecule has 0 radical (unpaired) electrons. The zero-order valence-corrected chi connectivity index (χ0v) is 12.1. The molecule has 2 heterocycles. The lowest BCUT2D eigenvalue weighted by Gasteiger charge is -2.34. The average molecular weight is 264 g/mol. The highest BCUT2D eigenvalue weighted by Crippen LogP contribution is 2.12. The number of hydrogen-bond acceptors (Lipinski definition) is 3. The van der Waals surface area contributed by atoms with Crippen LogP contribution >= 0.6 is 0 Å². The van der Waals surface area contributed by atoms with Gasteiger partial charge in [-0.25, -0.2) is 0 Å². The molecule has 0 spiro atoms.